The molecule has 1 rings (SSSR count). The third-order valence-electron chi connectivity index (χ3n) is 2.06. The van der Waals surface area contributed by atoms with E-state index in [-0.39, 0.29) is 12.6 Å². The Hall–Kier alpha value is -1.06. The fourth-order valence-corrected chi connectivity index (χ4v) is 1.13. The molecule has 0 aromatic carbocycles. The molecule has 0 bridgehead atoms. The van der Waals surface area contributed by atoms with E-state index < -0.39 is 0 Å². The maximum absolute atomic E-state index is 8.90. The predicted molar refractivity (Wildman–Crippen MR) is 56.9 cm³/mol. The first-order valence-electron chi connectivity index (χ1n) is 4.91. The molecular weight excluding hydrogens is 178 g/mol. The Morgan fingerprint density at radius 2 is 2.50 bits per heavy atom. The van der Waals surface area contributed by atoms with Gasteiger partial charge in [0.2, 0.25) is 0 Å². The van der Waals surface area contributed by atoms with Gasteiger partial charge in [-0.15, -0.1) is 0 Å². The quantitative estimate of drug-likeness (QED) is 0.725. The highest BCUT2D eigenvalue weighted by Gasteiger charge is 1.99. The van der Waals surface area contributed by atoms with Crippen LogP contribution in [0.3, 0.4) is 0 Å². The molecule has 0 aliphatic heterocycles. The molecule has 0 spiro atoms. The second-order valence-electron chi connectivity index (χ2n) is 3.11. The van der Waals surface area contributed by atoms with Gasteiger partial charge in [0.25, 0.3) is 0 Å². The molecule has 78 valence electrons. The molecule has 1 heterocycles. The van der Waals surface area contributed by atoms with Crippen LogP contribution in [0, 0.1) is 0 Å². The first kappa shape index (κ1) is 11.0. The number of nitrogens with one attached hydrogen (secondary N) is 1. The number of hydrogen-bond acceptors (Lipinski definition) is 3. The molecule has 0 amide bonds. The van der Waals surface area contributed by atoms with E-state index in [1.54, 1.807) is 6.26 Å². The van der Waals surface area contributed by atoms with Crippen LogP contribution >= 0.6 is 0 Å². The minimum atomic E-state index is 0.186. The summed E-state index contributed by atoms with van der Waals surface area (Å²) in [6, 6.07) is 3.95. The van der Waals surface area contributed by atoms with E-state index in [0.29, 0.717) is 0 Å². The summed E-state index contributed by atoms with van der Waals surface area (Å²) in [6.45, 7) is 2.98. The number of hydrogen-bond donors (Lipinski definition) is 2. The van der Waals surface area contributed by atoms with Gasteiger partial charge in [-0.05, 0) is 24.6 Å². The van der Waals surface area contributed by atoms with Crippen molar-refractivity contribution < 1.29 is 9.52 Å². The molecule has 2 N–H and O–H groups in total. The van der Waals surface area contributed by atoms with E-state index in [1.807, 2.05) is 31.2 Å². The van der Waals surface area contributed by atoms with Crippen molar-refractivity contribution in [1.29, 1.82) is 0 Å². The monoisotopic (exact) mass is 195 g/mol. The highest BCUT2D eigenvalue weighted by molar-refractivity contribution is 5.42. The van der Waals surface area contributed by atoms with Gasteiger partial charge in [-0.2, -0.15) is 0 Å². The van der Waals surface area contributed by atoms with Crippen LogP contribution in [0.1, 0.15) is 19.1 Å². The average Bonchev–Trinajstić information content (AvgIpc) is 2.71. The summed E-state index contributed by atoms with van der Waals surface area (Å²) in [5.74, 6) is 0.851. The molecule has 3 heteroatoms. The number of rotatable bonds is 6. The predicted octanol–water partition coefficient (Wildman–Crippen LogP) is 1.65. The van der Waals surface area contributed by atoms with Gasteiger partial charge in [0.15, 0.2) is 0 Å². The zero-order valence-corrected chi connectivity index (χ0v) is 8.44. The number of aliphatic hydroxyl groups excluding tert-OH is 1. The van der Waals surface area contributed by atoms with Gasteiger partial charge in [-0.3, -0.25) is 0 Å². The lowest BCUT2D eigenvalue weighted by Crippen LogP contribution is -2.31. The summed E-state index contributed by atoms with van der Waals surface area (Å²) >= 11 is 0. The third-order valence-corrected chi connectivity index (χ3v) is 2.06. The molecule has 14 heavy (non-hydrogen) atoms. The Morgan fingerprint density at radius 3 is 3.07 bits per heavy atom. The van der Waals surface area contributed by atoms with Crippen LogP contribution in [0.25, 0.3) is 6.08 Å². The maximum Gasteiger partial charge on any atom is 0.126 e. The van der Waals surface area contributed by atoms with Crippen molar-refractivity contribution in [3.8, 4) is 0 Å². The normalized spacial score (nSPS) is 13.6. The van der Waals surface area contributed by atoms with Crippen LogP contribution in [0.15, 0.2) is 28.9 Å². The Balaban J connectivity index is 2.20. The van der Waals surface area contributed by atoms with E-state index in [1.165, 1.54) is 0 Å². The molecule has 0 radical (unpaired) electrons. The lowest BCUT2D eigenvalue weighted by molar-refractivity contribution is 0.242. The van der Waals surface area contributed by atoms with Gasteiger partial charge in [-0.25, -0.2) is 0 Å². The third kappa shape index (κ3) is 3.77. The molecule has 0 saturated heterocycles. The van der Waals surface area contributed by atoms with Gasteiger partial charge in [0.1, 0.15) is 5.76 Å². The molecule has 1 aromatic heterocycles. The van der Waals surface area contributed by atoms with E-state index >= 15 is 0 Å². The van der Waals surface area contributed by atoms with Crippen LogP contribution in [0.5, 0.6) is 0 Å². The zero-order valence-electron chi connectivity index (χ0n) is 8.44. The summed E-state index contributed by atoms with van der Waals surface area (Å²) in [6.07, 6.45) is 6.48. The Labute approximate surface area is 84.4 Å². The van der Waals surface area contributed by atoms with Gasteiger partial charge >= 0.3 is 0 Å². The van der Waals surface area contributed by atoms with Crippen molar-refractivity contribution >= 4 is 6.08 Å². The minimum absolute atomic E-state index is 0.186. The van der Waals surface area contributed by atoms with Crippen LogP contribution in [-0.2, 0) is 0 Å². The van der Waals surface area contributed by atoms with Crippen LogP contribution in [-0.4, -0.2) is 24.3 Å². The molecule has 0 saturated carbocycles. The second-order valence-corrected chi connectivity index (χ2v) is 3.11. The first-order chi connectivity index (χ1) is 6.86. The molecule has 0 aliphatic carbocycles. The average molecular weight is 195 g/mol. The van der Waals surface area contributed by atoms with E-state index in [2.05, 4.69) is 5.32 Å². The first-order valence-corrected chi connectivity index (χ1v) is 4.91. The molecular formula is C11H17NO2. The van der Waals surface area contributed by atoms with Crippen molar-refractivity contribution in [3.05, 3.63) is 30.2 Å². The Kier molecular flexibility index (Phi) is 5.04. The topological polar surface area (TPSA) is 45.4 Å². The summed E-state index contributed by atoms with van der Waals surface area (Å²) in [4.78, 5) is 0. The maximum atomic E-state index is 8.90. The molecule has 1 aromatic rings. The molecule has 1 unspecified atom stereocenters. The molecule has 1 atom stereocenters. The van der Waals surface area contributed by atoms with Gasteiger partial charge in [-0.1, -0.05) is 13.0 Å². The van der Waals surface area contributed by atoms with Crippen molar-refractivity contribution in [2.75, 3.05) is 13.2 Å². The molecule has 0 aliphatic rings. The summed E-state index contributed by atoms with van der Waals surface area (Å²) in [7, 11) is 0. The van der Waals surface area contributed by atoms with Crippen LogP contribution in [0.4, 0.5) is 0 Å². The number of aliphatic hydroxyl groups is 1. The lowest BCUT2D eigenvalue weighted by atomic mass is 10.2. The molecule has 0 fully saturated rings. The summed E-state index contributed by atoms with van der Waals surface area (Å²) in [5.41, 5.74) is 0. The largest absolute Gasteiger partial charge is 0.465 e. The summed E-state index contributed by atoms with van der Waals surface area (Å²) < 4.78 is 5.13. The van der Waals surface area contributed by atoms with Crippen molar-refractivity contribution in [1.82, 2.24) is 5.32 Å². The van der Waals surface area contributed by atoms with E-state index in [0.717, 1.165) is 18.7 Å². The van der Waals surface area contributed by atoms with E-state index in [9.17, 15) is 0 Å². The standard InChI is InChI=1S/C11H17NO2/c1-2-10(9-13)12-7-3-5-11-6-4-8-14-11/h3-6,8,10,12-13H,2,7,9H2,1H3/b5-3+. The Bertz CT molecular complexity index is 250. The molecule has 3 nitrogen and oxygen atoms in total. The lowest BCUT2D eigenvalue weighted by Gasteiger charge is -2.11. The van der Waals surface area contributed by atoms with Crippen molar-refractivity contribution in [2.24, 2.45) is 0 Å². The fourth-order valence-electron chi connectivity index (χ4n) is 1.13. The van der Waals surface area contributed by atoms with E-state index in [4.69, 9.17) is 9.52 Å². The number of furan rings is 1. The smallest absolute Gasteiger partial charge is 0.126 e. The van der Waals surface area contributed by atoms with Gasteiger partial charge in [0.05, 0.1) is 12.9 Å². The SMILES string of the molecule is CCC(CO)NC/C=C/c1ccco1. The highest BCUT2D eigenvalue weighted by atomic mass is 16.3. The highest BCUT2D eigenvalue weighted by Crippen LogP contribution is 2.01. The van der Waals surface area contributed by atoms with Crippen LogP contribution in [0.2, 0.25) is 0 Å². The fraction of sp³-hybridized carbons (Fsp3) is 0.455. The van der Waals surface area contributed by atoms with Crippen LogP contribution < -0.4 is 5.32 Å². The Morgan fingerprint density at radius 1 is 1.64 bits per heavy atom. The van der Waals surface area contributed by atoms with Crippen molar-refractivity contribution in [2.45, 2.75) is 19.4 Å². The minimum Gasteiger partial charge on any atom is -0.465 e. The van der Waals surface area contributed by atoms with Crippen molar-refractivity contribution in [3.63, 3.8) is 0 Å². The van der Waals surface area contributed by atoms with Gasteiger partial charge in [0, 0.05) is 12.6 Å². The second kappa shape index (κ2) is 6.40. The summed E-state index contributed by atoms with van der Waals surface area (Å²) in [5, 5.41) is 12.1. The van der Waals surface area contributed by atoms with Gasteiger partial charge < -0.3 is 14.8 Å². The zero-order chi connectivity index (χ0) is 10.2.